The lowest BCUT2D eigenvalue weighted by Crippen LogP contribution is -2.46. The van der Waals surface area contributed by atoms with Crippen molar-refractivity contribution in [1.29, 1.82) is 0 Å². The molecule has 0 bridgehead atoms. The van der Waals surface area contributed by atoms with Crippen molar-refractivity contribution in [3.05, 3.63) is 17.0 Å². The van der Waals surface area contributed by atoms with E-state index in [1.807, 2.05) is 12.0 Å². The molecule has 2 aliphatic heterocycles. The summed E-state index contributed by atoms with van der Waals surface area (Å²) in [5.41, 5.74) is 3.32. The maximum atomic E-state index is 13.3. The molecule has 156 valence electrons. The van der Waals surface area contributed by atoms with E-state index in [1.54, 1.807) is 0 Å². The van der Waals surface area contributed by atoms with E-state index < -0.39 is 0 Å². The van der Waals surface area contributed by atoms with Gasteiger partial charge in [0.05, 0.1) is 6.10 Å². The number of amides is 1. The molecule has 2 saturated heterocycles. The highest BCUT2D eigenvalue weighted by Gasteiger charge is 2.34. The summed E-state index contributed by atoms with van der Waals surface area (Å²) in [6.45, 7) is 7.10. The largest absolute Gasteiger partial charge is 0.381 e. The second-order valence-corrected chi connectivity index (χ2v) is 8.72. The number of carbonyl (C=O) groups is 1. The van der Waals surface area contributed by atoms with Crippen LogP contribution in [0.5, 0.6) is 0 Å². The summed E-state index contributed by atoms with van der Waals surface area (Å²) in [5.74, 6) is 0.171. The van der Waals surface area contributed by atoms with E-state index >= 15 is 0 Å². The summed E-state index contributed by atoms with van der Waals surface area (Å²) < 4.78 is 7.68. The van der Waals surface area contributed by atoms with Crippen molar-refractivity contribution >= 4 is 5.91 Å². The number of ether oxygens (including phenoxy) is 1. The van der Waals surface area contributed by atoms with Gasteiger partial charge in [-0.25, -0.2) is 0 Å². The third kappa shape index (κ3) is 3.99. The third-order valence-corrected chi connectivity index (χ3v) is 6.93. The Morgan fingerprint density at radius 1 is 1.11 bits per heavy atom. The Hall–Kier alpha value is -1.40. The van der Waals surface area contributed by atoms with Crippen LogP contribution >= 0.6 is 0 Å². The van der Waals surface area contributed by atoms with E-state index in [9.17, 15) is 4.79 Å². The van der Waals surface area contributed by atoms with Crippen molar-refractivity contribution < 1.29 is 9.53 Å². The number of carbonyl (C=O) groups excluding carboxylic acids is 1. The molecule has 3 heterocycles. The first-order chi connectivity index (χ1) is 13.7. The summed E-state index contributed by atoms with van der Waals surface area (Å²) in [5, 5.41) is 4.85. The van der Waals surface area contributed by atoms with Gasteiger partial charge >= 0.3 is 0 Å². The van der Waals surface area contributed by atoms with Crippen molar-refractivity contribution in [2.75, 3.05) is 33.3 Å². The number of hydrogen-bond donors (Lipinski definition) is 0. The highest BCUT2D eigenvalue weighted by Crippen LogP contribution is 2.30. The lowest BCUT2D eigenvalue weighted by atomic mass is 9.88. The second kappa shape index (κ2) is 8.95. The number of piperidine rings is 2. The molecule has 0 aromatic carbocycles. The van der Waals surface area contributed by atoms with Gasteiger partial charge in [-0.2, -0.15) is 5.10 Å². The number of aromatic nitrogens is 2. The van der Waals surface area contributed by atoms with Crippen molar-refractivity contribution in [2.24, 2.45) is 0 Å². The molecule has 0 spiro atoms. The molecule has 1 amide bonds. The van der Waals surface area contributed by atoms with E-state index in [1.165, 1.54) is 24.1 Å². The van der Waals surface area contributed by atoms with Gasteiger partial charge in [0.2, 0.25) is 0 Å². The molecule has 6 nitrogen and oxygen atoms in total. The van der Waals surface area contributed by atoms with E-state index in [2.05, 4.69) is 16.5 Å². The van der Waals surface area contributed by atoms with Crippen LogP contribution in [-0.2, 0) is 24.1 Å². The number of fused-ring (bicyclic) bond motifs is 1. The Morgan fingerprint density at radius 3 is 2.54 bits per heavy atom. The second-order valence-electron chi connectivity index (χ2n) is 8.72. The van der Waals surface area contributed by atoms with Crippen molar-refractivity contribution in [2.45, 2.75) is 83.4 Å². The van der Waals surface area contributed by atoms with Gasteiger partial charge in [0.1, 0.15) is 0 Å². The van der Waals surface area contributed by atoms with Crippen molar-refractivity contribution in [3.63, 3.8) is 0 Å². The van der Waals surface area contributed by atoms with Gasteiger partial charge in [-0.05, 0) is 57.8 Å². The third-order valence-electron chi connectivity index (χ3n) is 6.93. The summed E-state index contributed by atoms with van der Waals surface area (Å²) in [7, 11) is 1.83. The molecule has 0 saturated carbocycles. The smallest absolute Gasteiger partial charge is 0.274 e. The van der Waals surface area contributed by atoms with Crippen LogP contribution in [-0.4, -0.2) is 70.9 Å². The highest BCUT2D eigenvalue weighted by molar-refractivity contribution is 5.94. The predicted molar refractivity (Wildman–Crippen MR) is 110 cm³/mol. The van der Waals surface area contributed by atoms with Crippen LogP contribution in [0.25, 0.3) is 0 Å². The summed E-state index contributed by atoms with van der Waals surface area (Å²) in [6, 6.07) is 0.539. The number of methoxy groups -OCH3 is 1. The molecule has 1 unspecified atom stereocenters. The SMILES string of the molecule is CCCn1nc(C(=O)N2CCCCC2)c2c1CCC(N1CCC(OC)CC1)C2. The van der Waals surface area contributed by atoms with Crippen LogP contribution in [0.4, 0.5) is 0 Å². The van der Waals surface area contributed by atoms with E-state index in [0.29, 0.717) is 12.1 Å². The fraction of sp³-hybridized carbons (Fsp3) is 0.818. The van der Waals surface area contributed by atoms with Gasteiger partial charge in [-0.1, -0.05) is 6.92 Å². The van der Waals surface area contributed by atoms with Gasteiger partial charge in [0.25, 0.3) is 5.91 Å². The van der Waals surface area contributed by atoms with E-state index in [-0.39, 0.29) is 5.91 Å². The zero-order valence-corrected chi connectivity index (χ0v) is 17.7. The molecule has 3 aliphatic rings. The molecular formula is C22H36N4O2. The van der Waals surface area contributed by atoms with Crippen LogP contribution in [0, 0.1) is 0 Å². The Labute approximate surface area is 169 Å². The number of rotatable bonds is 5. The Bertz CT molecular complexity index is 672. The van der Waals surface area contributed by atoms with E-state index in [0.717, 1.165) is 83.4 Å². The average molecular weight is 389 g/mol. The minimum Gasteiger partial charge on any atom is -0.381 e. The summed E-state index contributed by atoms with van der Waals surface area (Å²) >= 11 is 0. The Morgan fingerprint density at radius 2 is 1.86 bits per heavy atom. The summed E-state index contributed by atoms with van der Waals surface area (Å²) in [4.78, 5) is 17.9. The molecule has 4 rings (SSSR count). The topological polar surface area (TPSA) is 50.6 Å². The van der Waals surface area contributed by atoms with Crippen LogP contribution < -0.4 is 0 Å². The summed E-state index contributed by atoms with van der Waals surface area (Å²) in [6.07, 6.45) is 10.4. The predicted octanol–water partition coefficient (Wildman–Crippen LogP) is 2.89. The van der Waals surface area contributed by atoms with Gasteiger partial charge < -0.3 is 9.64 Å². The number of nitrogens with zero attached hydrogens (tertiary/aromatic N) is 4. The average Bonchev–Trinajstić information content (AvgIpc) is 3.12. The number of likely N-dealkylation sites (tertiary alicyclic amines) is 2. The molecule has 0 radical (unpaired) electrons. The minimum absolute atomic E-state index is 0.171. The first kappa shape index (κ1) is 19.9. The normalized spacial score (nSPS) is 24.4. The van der Waals surface area contributed by atoms with Crippen molar-refractivity contribution in [1.82, 2.24) is 19.6 Å². The van der Waals surface area contributed by atoms with Gasteiger partial charge in [0, 0.05) is 57.1 Å². The molecule has 0 N–H and O–H groups in total. The molecule has 2 fully saturated rings. The molecule has 1 atom stereocenters. The number of aryl methyl sites for hydroxylation is 1. The highest BCUT2D eigenvalue weighted by atomic mass is 16.5. The molecule has 1 aliphatic carbocycles. The standard InChI is InChI=1S/C22H36N4O2/c1-3-11-26-20-8-7-17(24-14-9-18(28-2)10-15-24)16-19(20)21(23-26)22(27)25-12-5-4-6-13-25/h17-18H,3-16H2,1-2H3. The van der Waals surface area contributed by atoms with Crippen LogP contribution in [0.1, 0.15) is 73.6 Å². The van der Waals surface area contributed by atoms with Crippen LogP contribution in [0.2, 0.25) is 0 Å². The maximum Gasteiger partial charge on any atom is 0.274 e. The van der Waals surface area contributed by atoms with Crippen LogP contribution in [0.3, 0.4) is 0 Å². The maximum absolute atomic E-state index is 13.3. The van der Waals surface area contributed by atoms with Gasteiger partial charge in [-0.3, -0.25) is 14.4 Å². The minimum atomic E-state index is 0.171. The zero-order chi connectivity index (χ0) is 19.5. The fourth-order valence-corrected chi connectivity index (χ4v) is 5.27. The fourth-order valence-electron chi connectivity index (χ4n) is 5.27. The Kier molecular flexibility index (Phi) is 6.36. The Balaban J connectivity index is 1.54. The molecule has 1 aromatic rings. The molecule has 1 aromatic heterocycles. The lowest BCUT2D eigenvalue weighted by Gasteiger charge is -2.39. The number of hydrogen-bond acceptors (Lipinski definition) is 4. The van der Waals surface area contributed by atoms with Crippen molar-refractivity contribution in [3.8, 4) is 0 Å². The van der Waals surface area contributed by atoms with E-state index in [4.69, 9.17) is 9.84 Å². The molecule has 6 heteroatoms. The first-order valence-corrected chi connectivity index (χ1v) is 11.4. The van der Waals surface area contributed by atoms with Crippen LogP contribution in [0.15, 0.2) is 0 Å². The van der Waals surface area contributed by atoms with Gasteiger partial charge in [0.15, 0.2) is 5.69 Å². The lowest BCUT2D eigenvalue weighted by molar-refractivity contribution is 0.0248. The quantitative estimate of drug-likeness (QED) is 0.778. The molecule has 28 heavy (non-hydrogen) atoms. The zero-order valence-electron chi connectivity index (χ0n) is 17.7. The monoisotopic (exact) mass is 388 g/mol. The molecular weight excluding hydrogens is 352 g/mol. The first-order valence-electron chi connectivity index (χ1n) is 11.4. The van der Waals surface area contributed by atoms with Gasteiger partial charge in [-0.15, -0.1) is 0 Å².